The highest BCUT2D eigenvalue weighted by molar-refractivity contribution is 7.25. The van der Waals surface area contributed by atoms with Crippen molar-refractivity contribution in [1.82, 2.24) is 0 Å². The van der Waals surface area contributed by atoms with Gasteiger partial charge >= 0.3 is 7.12 Å². The third-order valence-electron chi connectivity index (χ3n) is 3.54. The number of nitrogens with zero attached hydrogens (tertiary/aromatic N) is 1. The van der Waals surface area contributed by atoms with Crippen LogP contribution in [0.3, 0.4) is 0 Å². The highest BCUT2D eigenvalue weighted by atomic mass is 32.1. The maximum Gasteiger partial charge on any atom is 0.505 e. The van der Waals surface area contributed by atoms with E-state index < -0.39 is 0 Å². The Hall–Kier alpha value is -0.515. The molecule has 0 amide bonds. The Bertz CT molecular complexity index is 398. The van der Waals surface area contributed by atoms with Crippen molar-refractivity contribution in [2.75, 3.05) is 19.0 Å². The van der Waals surface area contributed by atoms with Gasteiger partial charge < -0.3 is 14.2 Å². The summed E-state index contributed by atoms with van der Waals surface area (Å²) in [6.45, 7) is 8.31. The van der Waals surface area contributed by atoms with E-state index in [0.29, 0.717) is 0 Å². The van der Waals surface area contributed by atoms with Crippen molar-refractivity contribution in [2.45, 2.75) is 38.9 Å². The van der Waals surface area contributed by atoms with Crippen LogP contribution in [-0.4, -0.2) is 32.4 Å². The largest absolute Gasteiger partial charge is 0.505 e. The molecule has 17 heavy (non-hydrogen) atoms. The zero-order valence-electron chi connectivity index (χ0n) is 11.4. The molecule has 1 aliphatic heterocycles. The van der Waals surface area contributed by atoms with Crippen LogP contribution in [0, 0.1) is 0 Å². The Morgan fingerprint density at radius 3 is 2.00 bits per heavy atom. The molecule has 5 heteroatoms. The van der Waals surface area contributed by atoms with Crippen LogP contribution in [0.1, 0.15) is 27.7 Å². The van der Waals surface area contributed by atoms with E-state index in [2.05, 4.69) is 44.7 Å². The molecule has 1 aliphatic rings. The Morgan fingerprint density at radius 2 is 1.59 bits per heavy atom. The van der Waals surface area contributed by atoms with Crippen LogP contribution in [0.5, 0.6) is 0 Å². The summed E-state index contributed by atoms with van der Waals surface area (Å²) in [6, 6.07) is 4.19. The lowest BCUT2D eigenvalue weighted by molar-refractivity contribution is 0.00578. The summed E-state index contributed by atoms with van der Waals surface area (Å²) in [5.41, 5.74) is -0.528. The molecule has 2 heterocycles. The molecule has 3 nitrogen and oxygen atoms in total. The van der Waals surface area contributed by atoms with Crippen LogP contribution in [-0.2, 0) is 9.31 Å². The van der Waals surface area contributed by atoms with Crippen LogP contribution < -0.4 is 9.68 Å². The summed E-state index contributed by atoms with van der Waals surface area (Å²) < 4.78 is 13.2. The molecule has 0 radical (unpaired) electrons. The second kappa shape index (κ2) is 4.00. The van der Waals surface area contributed by atoms with Gasteiger partial charge in [0.15, 0.2) is 0 Å². The molecule has 1 saturated heterocycles. The van der Waals surface area contributed by atoms with E-state index in [1.54, 1.807) is 11.3 Å². The second-order valence-corrected chi connectivity index (χ2v) is 6.75. The fourth-order valence-electron chi connectivity index (χ4n) is 1.67. The van der Waals surface area contributed by atoms with E-state index in [1.165, 1.54) is 5.00 Å². The number of hydrogen-bond acceptors (Lipinski definition) is 4. The molecule has 94 valence electrons. The van der Waals surface area contributed by atoms with Gasteiger partial charge in [0.2, 0.25) is 0 Å². The van der Waals surface area contributed by atoms with E-state index in [-0.39, 0.29) is 18.3 Å². The van der Waals surface area contributed by atoms with Gasteiger partial charge in [0.25, 0.3) is 0 Å². The molecule has 0 aliphatic carbocycles. The van der Waals surface area contributed by atoms with Crippen molar-refractivity contribution in [3.05, 3.63) is 12.1 Å². The highest BCUT2D eigenvalue weighted by Crippen LogP contribution is 2.37. The van der Waals surface area contributed by atoms with Crippen LogP contribution >= 0.6 is 11.3 Å². The minimum absolute atomic E-state index is 0.237. The van der Waals surface area contributed by atoms with Gasteiger partial charge in [-0.1, -0.05) is 0 Å². The molecule has 0 aromatic carbocycles. The van der Waals surface area contributed by atoms with Gasteiger partial charge in [0, 0.05) is 18.9 Å². The zero-order valence-corrected chi connectivity index (χ0v) is 12.2. The number of anilines is 1. The fraction of sp³-hybridized carbons (Fsp3) is 0.667. The second-order valence-electron chi connectivity index (χ2n) is 5.66. The summed E-state index contributed by atoms with van der Waals surface area (Å²) in [4.78, 5) is 2.10. The molecular weight excluding hydrogens is 233 g/mol. The van der Waals surface area contributed by atoms with E-state index in [1.807, 2.05) is 14.1 Å². The fourth-order valence-corrected chi connectivity index (χ4v) is 2.56. The SMILES string of the molecule is CN(C)c1ccc(B2OC(C)(C)C(C)(C)O2)s1. The smallest absolute Gasteiger partial charge is 0.399 e. The maximum absolute atomic E-state index is 6.01. The zero-order chi connectivity index (χ0) is 12.8. The summed E-state index contributed by atoms with van der Waals surface area (Å²) in [5, 5.41) is 1.22. The van der Waals surface area contributed by atoms with E-state index in [4.69, 9.17) is 9.31 Å². The Morgan fingerprint density at radius 1 is 1.06 bits per heavy atom. The van der Waals surface area contributed by atoms with Crippen molar-refractivity contribution < 1.29 is 9.31 Å². The lowest BCUT2D eigenvalue weighted by Crippen LogP contribution is -2.41. The molecule has 1 fully saturated rings. The Balaban J connectivity index is 2.20. The predicted molar refractivity (Wildman–Crippen MR) is 74.4 cm³/mol. The normalized spacial score (nSPS) is 21.9. The molecule has 1 aromatic rings. The topological polar surface area (TPSA) is 21.7 Å². The van der Waals surface area contributed by atoms with Gasteiger partial charge in [-0.15, -0.1) is 11.3 Å². The number of rotatable bonds is 2. The standard InChI is InChI=1S/C12H20BNO2S/c1-11(2)12(3,4)16-13(15-11)9-7-8-10(17-9)14(5)6/h7-8H,1-6H3. The minimum Gasteiger partial charge on any atom is -0.399 e. The lowest BCUT2D eigenvalue weighted by atomic mass is 9.88. The van der Waals surface area contributed by atoms with Crippen LogP contribution in [0.4, 0.5) is 5.00 Å². The summed E-state index contributed by atoms with van der Waals surface area (Å²) in [6.07, 6.45) is 0. The van der Waals surface area contributed by atoms with Gasteiger partial charge in [0.05, 0.1) is 16.2 Å². The Kier molecular flexibility index (Phi) is 3.05. The minimum atomic E-state index is -0.264. The molecule has 2 rings (SSSR count). The molecule has 0 saturated carbocycles. The molecular formula is C12H20BNO2S. The first-order chi connectivity index (χ1) is 7.73. The van der Waals surface area contributed by atoms with Gasteiger partial charge in [-0.05, 0) is 39.8 Å². The highest BCUT2D eigenvalue weighted by Gasteiger charge is 2.52. The van der Waals surface area contributed by atoms with Gasteiger partial charge in [-0.2, -0.15) is 0 Å². The van der Waals surface area contributed by atoms with E-state index in [9.17, 15) is 0 Å². The maximum atomic E-state index is 6.01. The third kappa shape index (κ3) is 2.24. The predicted octanol–water partition coefficient (Wildman–Crippen LogP) is 2.11. The summed E-state index contributed by atoms with van der Waals surface area (Å²) in [7, 11) is 3.85. The average molecular weight is 253 g/mol. The number of hydrogen-bond donors (Lipinski definition) is 0. The monoisotopic (exact) mass is 253 g/mol. The molecule has 0 bridgehead atoms. The first kappa shape index (κ1) is 12.9. The Labute approximate surface area is 108 Å². The molecule has 0 spiro atoms. The first-order valence-corrected chi connectivity index (χ1v) is 6.67. The molecule has 0 unspecified atom stereocenters. The van der Waals surface area contributed by atoms with Crippen LogP contribution in [0.25, 0.3) is 0 Å². The van der Waals surface area contributed by atoms with Gasteiger partial charge in [-0.25, -0.2) is 0 Å². The van der Waals surface area contributed by atoms with Gasteiger partial charge in [0.1, 0.15) is 0 Å². The van der Waals surface area contributed by atoms with Gasteiger partial charge in [-0.3, -0.25) is 0 Å². The quantitative estimate of drug-likeness (QED) is 0.753. The molecule has 0 atom stereocenters. The first-order valence-electron chi connectivity index (χ1n) is 5.86. The van der Waals surface area contributed by atoms with E-state index >= 15 is 0 Å². The van der Waals surface area contributed by atoms with Crippen molar-refractivity contribution in [3.8, 4) is 0 Å². The average Bonchev–Trinajstić information content (AvgIpc) is 2.70. The van der Waals surface area contributed by atoms with Crippen LogP contribution in [0.15, 0.2) is 12.1 Å². The van der Waals surface area contributed by atoms with Crippen molar-refractivity contribution in [3.63, 3.8) is 0 Å². The molecule has 0 N–H and O–H groups in total. The number of thiophene rings is 1. The van der Waals surface area contributed by atoms with Crippen molar-refractivity contribution in [2.24, 2.45) is 0 Å². The summed E-state index contributed by atoms with van der Waals surface area (Å²) >= 11 is 1.72. The van der Waals surface area contributed by atoms with Crippen LogP contribution in [0.2, 0.25) is 0 Å². The van der Waals surface area contributed by atoms with Crippen molar-refractivity contribution in [1.29, 1.82) is 0 Å². The molecule has 1 aromatic heterocycles. The summed E-state index contributed by atoms with van der Waals surface area (Å²) in [5.74, 6) is 0. The van der Waals surface area contributed by atoms with E-state index in [0.717, 1.165) is 4.78 Å². The van der Waals surface area contributed by atoms with Crippen molar-refractivity contribution >= 4 is 28.2 Å². The third-order valence-corrected chi connectivity index (χ3v) is 4.81. The lowest BCUT2D eigenvalue weighted by Gasteiger charge is -2.32.